The summed E-state index contributed by atoms with van der Waals surface area (Å²) in [6.07, 6.45) is 3.57. The van der Waals surface area contributed by atoms with Gasteiger partial charge in [0.2, 0.25) is 5.78 Å². The van der Waals surface area contributed by atoms with Gasteiger partial charge >= 0.3 is 0 Å². The maximum absolute atomic E-state index is 12.4. The molecule has 2 heterocycles. The van der Waals surface area contributed by atoms with Gasteiger partial charge in [0.1, 0.15) is 0 Å². The van der Waals surface area contributed by atoms with Gasteiger partial charge in [-0.25, -0.2) is 0 Å². The monoisotopic (exact) mass is 366 g/mol. The molecule has 0 saturated heterocycles. The Morgan fingerprint density at radius 1 is 1.26 bits per heavy atom. The summed E-state index contributed by atoms with van der Waals surface area (Å²) in [5.74, 6) is 1.63. The molecule has 2 unspecified atom stereocenters. The molecule has 1 fully saturated rings. The summed E-state index contributed by atoms with van der Waals surface area (Å²) in [6, 6.07) is 11.2. The van der Waals surface area contributed by atoms with Crippen LogP contribution in [0.5, 0.6) is 0 Å². The molecule has 0 bridgehead atoms. The van der Waals surface area contributed by atoms with Crippen LogP contribution in [0.3, 0.4) is 0 Å². The molecule has 0 spiro atoms. The highest BCUT2D eigenvalue weighted by molar-refractivity contribution is 5.56. The van der Waals surface area contributed by atoms with Crippen LogP contribution in [-0.4, -0.2) is 25.7 Å². The van der Waals surface area contributed by atoms with Crippen LogP contribution >= 0.6 is 0 Å². The van der Waals surface area contributed by atoms with Crippen LogP contribution in [0.15, 0.2) is 41.2 Å². The van der Waals surface area contributed by atoms with E-state index in [-0.39, 0.29) is 11.7 Å². The molecule has 2 aromatic heterocycles. The molecular formula is C21H26N4O2. The van der Waals surface area contributed by atoms with Crippen molar-refractivity contribution >= 4 is 5.78 Å². The minimum absolute atomic E-state index is 0.200. The van der Waals surface area contributed by atoms with Crippen LogP contribution in [0.1, 0.15) is 45.7 Å². The third kappa shape index (κ3) is 3.95. The summed E-state index contributed by atoms with van der Waals surface area (Å²) in [7, 11) is 0. The van der Waals surface area contributed by atoms with Crippen LogP contribution in [0.25, 0.3) is 17.2 Å². The summed E-state index contributed by atoms with van der Waals surface area (Å²) in [5.41, 5.74) is 1.72. The molecule has 0 amide bonds. The molecule has 27 heavy (non-hydrogen) atoms. The van der Waals surface area contributed by atoms with Gasteiger partial charge in [0.15, 0.2) is 5.82 Å². The van der Waals surface area contributed by atoms with E-state index in [1.807, 2.05) is 30.3 Å². The van der Waals surface area contributed by atoms with Crippen molar-refractivity contribution in [3.63, 3.8) is 0 Å². The molecule has 1 aromatic carbocycles. The smallest absolute Gasteiger partial charge is 0.275 e. The van der Waals surface area contributed by atoms with Crippen molar-refractivity contribution in [3.05, 3.63) is 52.4 Å². The molecule has 4 rings (SSSR count). The lowest BCUT2D eigenvalue weighted by Crippen LogP contribution is -2.32. The topological polar surface area (TPSA) is 72.3 Å². The van der Waals surface area contributed by atoms with Crippen LogP contribution in [0.2, 0.25) is 0 Å². The number of ether oxygens (including phenoxy) is 1. The average Bonchev–Trinajstić information content (AvgIpc) is 3.04. The van der Waals surface area contributed by atoms with Gasteiger partial charge in [-0.2, -0.15) is 9.50 Å². The van der Waals surface area contributed by atoms with E-state index in [2.05, 4.69) is 35.8 Å². The van der Waals surface area contributed by atoms with Crippen LogP contribution < -0.4 is 5.56 Å². The van der Waals surface area contributed by atoms with Gasteiger partial charge in [-0.15, -0.1) is 5.10 Å². The Morgan fingerprint density at radius 2 is 2.04 bits per heavy atom. The van der Waals surface area contributed by atoms with E-state index in [0.29, 0.717) is 29.5 Å². The maximum Gasteiger partial charge on any atom is 0.275 e. The van der Waals surface area contributed by atoms with Gasteiger partial charge in [0.25, 0.3) is 5.56 Å². The van der Waals surface area contributed by atoms with E-state index in [1.165, 1.54) is 10.9 Å². The predicted molar refractivity (Wildman–Crippen MR) is 104 cm³/mol. The van der Waals surface area contributed by atoms with E-state index >= 15 is 0 Å². The summed E-state index contributed by atoms with van der Waals surface area (Å²) in [4.78, 5) is 20.1. The molecule has 6 heteroatoms. The first-order valence-corrected chi connectivity index (χ1v) is 9.56. The minimum atomic E-state index is -0.200. The second-order valence-electron chi connectivity index (χ2n) is 8.52. The fourth-order valence-corrected chi connectivity index (χ4v) is 4.32. The van der Waals surface area contributed by atoms with Crippen molar-refractivity contribution < 1.29 is 4.74 Å². The fourth-order valence-electron chi connectivity index (χ4n) is 4.32. The molecule has 6 nitrogen and oxygen atoms in total. The Kier molecular flexibility index (Phi) is 4.60. The van der Waals surface area contributed by atoms with Crippen LogP contribution in [0.4, 0.5) is 0 Å². The van der Waals surface area contributed by atoms with Gasteiger partial charge in [-0.1, -0.05) is 51.1 Å². The number of rotatable bonds is 4. The highest BCUT2D eigenvalue weighted by Crippen LogP contribution is 2.39. The highest BCUT2D eigenvalue weighted by atomic mass is 16.5. The molecule has 0 aliphatic heterocycles. The summed E-state index contributed by atoms with van der Waals surface area (Å²) in [5, 5.41) is 4.32. The second kappa shape index (κ2) is 6.93. The molecule has 1 aliphatic rings. The Bertz CT molecular complexity index is 990. The van der Waals surface area contributed by atoms with Crippen molar-refractivity contribution in [2.45, 2.75) is 52.7 Å². The van der Waals surface area contributed by atoms with Crippen molar-refractivity contribution in [1.82, 2.24) is 19.6 Å². The molecule has 1 saturated carbocycles. The molecule has 1 aliphatic carbocycles. The van der Waals surface area contributed by atoms with Gasteiger partial charge in [0.05, 0.1) is 12.7 Å². The van der Waals surface area contributed by atoms with Crippen molar-refractivity contribution in [2.75, 3.05) is 0 Å². The van der Waals surface area contributed by atoms with Crippen LogP contribution in [0, 0.1) is 11.3 Å². The van der Waals surface area contributed by atoms with E-state index in [9.17, 15) is 4.79 Å². The molecular weight excluding hydrogens is 340 g/mol. The zero-order chi connectivity index (χ0) is 19.0. The lowest BCUT2D eigenvalue weighted by atomic mass is 9.71. The first kappa shape index (κ1) is 17.9. The minimum Gasteiger partial charge on any atom is -0.372 e. The largest absolute Gasteiger partial charge is 0.372 e. The fraction of sp³-hybridized carbons (Fsp3) is 0.476. The zero-order valence-electron chi connectivity index (χ0n) is 16.1. The second-order valence-corrected chi connectivity index (χ2v) is 8.52. The average molecular weight is 366 g/mol. The van der Waals surface area contributed by atoms with Crippen molar-refractivity contribution in [1.29, 1.82) is 0 Å². The van der Waals surface area contributed by atoms with Crippen LogP contribution in [-0.2, 0) is 11.3 Å². The van der Waals surface area contributed by atoms with Crippen molar-refractivity contribution in [3.8, 4) is 11.4 Å². The molecule has 142 valence electrons. The van der Waals surface area contributed by atoms with Gasteiger partial charge in [0, 0.05) is 17.3 Å². The van der Waals surface area contributed by atoms with E-state index < -0.39 is 0 Å². The number of hydrogen-bond donors (Lipinski definition) is 1. The predicted octanol–water partition coefficient (Wildman–Crippen LogP) is 3.82. The first-order chi connectivity index (χ1) is 12.9. The van der Waals surface area contributed by atoms with Crippen molar-refractivity contribution in [2.24, 2.45) is 11.3 Å². The Morgan fingerprint density at radius 3 is 2.78 bits per heavy atom. The third-order valence-electron chi connectivity index (χ3n) is 5.24. The number of benzene rings is 1. The molecule has 3 aromatic rings. The number of nitrogens with one attached hydrogen (secondary N) is 1. The number of fused-ring (bicyclic) bond motifs is 1. The number of hydrogen-bond acceptors (Lipinski definition) is 4. The third-order valence-corrected chi connectivity index (χ3v) is 5.24. The van der Waals surface area contributed by atoms with Gasteiger partial charge in [-0.05, 0) is 30.6 Å². The summed E-state index contributed by atoms with van der Waals surface area (Å²) < 4.78 is 7.45. The molecule has 0 radical (unpaired) electrons. The van der Waals surface area contributed by atoms with E-state index in [1.54, 1.807) is 6.07 Å². The number of nitrogens with zero attached hydrogens (tertiary/aromatic N) is 3. The Labute approximate surface area is 158 Å². The number of aromatic nitrogens is 4. The number of H-pyrrole nitrogens is 1. The Balaban J connectivity index is 1.54. The quantitative estimate of drug-likeness (QED) is 0.762. The summed E-state index contributed by atoms with van der Waals surface area (Å²) in [6.45, 7) is 7.27. The maximum atomic E-state index is 12.4. The number of aromatic amines is 1. The standard InChI is InChI=1S/C21H26N4O2/c1-14-9-17(12-21(2,3)11-14)27-13-16-10-18(26)25-20(22-16)23-19(24-25)15-7-5-4-6-8-15/h4-8,10,14,17H,9,11-13H2,1-3H3,(H,22,23,24). The van der Waals surface area contributed by atoms with E-state index in [0.717, 1.165) is 24.1 Å². The normalized spacial score (nSPS) is 22.2. The lowest BCUT2D eigenvalue weighted by Gasteiger charge is -2.38. The van der Waals surface area contributed by atoms with Gasteiger partial charge < -0.3 is 9.72 Å². The lowest BCUT2D eigenvalue weighted by molar-refractivity contribution is -0.0327. The SMILES string of the molecule is CC1CC(OCc2cc(=O)n3nc(-c4ccccc4)nc3[nH]2)CC(C)(C)C1. The summed E-state index contributed by atoms with van der Waals surface area (Å²) >= 11 is 0. The Hall–Kier alpha value is -2.47. The van der Waals surface area contributed by atoms with E-state index in [4.69, 9.17) is 4.74 Å². The highest BCUT2D eigenvalue weighted by Gasteiger charge is 2.32. The first-order valence-electron chi connectivity index (χ1n) is 9.56. The molecule has 2 atom stereocenters. The molecule has 1 N–H and O–H groups in total. The van der Waals surface area contributed by atoms with Gasteiger partial charge in [-0.3, -0.25) is 4.79 Å². The zero-order valence-corrected chi connectivity index (χ0v) is 16.1.